The number of amides is 1. The van der Waals surface area contributed by atoms with Crippen LogP contribution in [0.15, 0.2) is 0 Å². The average molecular weight is 196 g/mol. The van der Waals surface area contributed by atoms with Crippen LogP contribution in [-0.4, -0.2) is 42.3 Å². The van der Waals surface area contributed by atoms with E-state index in [-0.39, 0.29) is 6.09 Å². The fraction of sp³-hybridized carbons (Fsp3) is 0.900. The number of nitrogens with one attached hydrogen (secondary N) is 1. The van der Waals surface area contributed by atoms with Crippen LogP contribution in [0.5, 0.6) is 0 Å². The Labute approximate surface area is 83.6 Å². The summed E-state index contributed by atoms with van der Waals surface area (Å²) in [5.41, 5.74) is 0. The van der Waals surface area contributed by atoms with Crippen LogP contribution in [0.3, 0.4) is 0 Å². The number of fused-ring (bicyclic) bond motifs is 2. The maximum atomic E-state index is 11.4. The first-order valence-corrected chi connectivity index (χ1v) is 5.52. The third-order valence-corrected chi connectivity index (χ3v) is 3.68. The second-order valence-corrected chi connectivity index (χ2v) is 4.57. The lowest BCUT2D eigenvalue weighted by atomic mass is 9.99. The number of ether oxygens (including phenoxy) is 1. The highest BCUT2D eigenvalue weighted by molar-refractivity contribution is 5.69. The highest BCUT2D eigenvalue weighted by Crippen LogP contribution is 2.30. The van der Waals surface area contributed by atoms with E-state index in [1.54, 1.807) is 0 Å². The van der Waals surface area contributed by atoms with Crippen molar-refractivity contribution in [3.05, 3.63) is 0 Å². The van der Waals surface area contributed by atoms with Crippen LogP contribution in [0.4, 0.5) is 4.79 Å². The van der Waals surface area contributed by atoms with E-state index in [0.717, 1.165) is 19.4 Å². The molecule has 3 saturated heterocycles. The molecular formula is C10H16N2O2. The molecule has 4 heteroatoms. The van der Waals surface area contributed by atoms with Gasteiger partial charge in [0, 0.05) is 18.1 Å². The van der Waals surface area contributed by atoms with Crippen LogP contribution in [0, 0.1) is 0 Å². The molecule has 0 radical (unpaired) electrons. The molecule has 2 atom stereocenters. The monoisotopic (exact) mass is 196 g/mol. The Balaban J connectivity index is 1.70. The van der Waals surface area contributed by atoms with Crippen LogP contribution >= 0.6 is 0 Å². The highest BCUT2D eigenvalue weighted by Gasteiger charge is 2.39. The molecule has 4 nitrogen and oxygen atoms in total. The summed E-state index contributed by atoms with van der Waals surface area (Å²) in [5, 5.41) is 3.58. The van der Waals surface area contributed by atoms with E-state index >= 15 is 0 Å². The molecule has 0 aromatic rings. The Morgan fingerprint density at radius 3 is 2.57 bits per heavy atom. The van der Waals surface area contributed by atoms with Crippen molar-refractivity contribution in [2.24, 2.45) is 0 Å². The van der Waals surface area contributed by atoms with E-state index in [9.17, 15) is 4.79 Å². The van der Waals surface area contributed by atoms with Gasteiger partial charge in [-0.3, -0.25) is 0 Å². The minimum absolute atomic E-state index is 0.101. The van der Waals surface area contributed by atoms with Gasteiger partial charge in [0.2, 0.25) is 0 Å². The van der Waals surface area contributed by atoms with E-state index in [1.807, 2.05) is 4.90 Å². The van der Waals surface area contributed by atoms with Crippen molar-refractivity contribution in [1.29, 1.82) is 0 Å². The number of carbonyl (C=O) groups is 1. The molecular weight excluding hydrogens is 180 g/mol. The normalized spacial score (nSPS) is 41.6. The second kappa shape index (κ2) is 3.12. The minimum atomic E-state index is -0.101. The van der Waals surface area contributed by atoms with Crippen molar-refractivity contribution in [2.75, 3.05) is 13.2 Å². The van der Waals surface area contributed by atoms with Gasteiger partial charge < -0.3 is 15.0 Å². The van der Waals surface area contributed by atoms with Gasteiger partial charge in [0.25, 0.3) is 0 Å². The summed E-state index contributed by atoms with van der Waals surface area (Å²) in [6, 6.07) is 1.73. The number of hydrogen-bond acceptors (Lipinski definition) is 3. The zero-order valence-electron chi connectivity index (χ0n) is 8.24. The van der Waals surface area contributed by atoms with Gasteiger partial charge in [-0.25, -0.2) is 4.79 Å². The number of piperidine rings is 1. The van der Waals surface area contributed by atoms with Crippen LogP contribution in [0.2, 0.25) is 0 Å². The Morgan fingerprint density at radius 2 is 2.00 bits per heavy atom. The van der Waals surface area contributed by atoms with Gasteiger partial charge >= 0.3 is 6.09 Å². The summed E-state index contributed by atoms with van der Waals surface area (Å²) in [6.45, 7) is 1.38. The zero-order valence-corrected chi connectivity index (χ0v) is 8.24. The van der Waals surface area contributed by atoms with Gasteiger partial charge in [0.05, 0.1) is 6.54 Å². The van der Waals surface area contributed by atoms with Gasteiger partial charge in [-0.15, -0.1) is 0 Å². The molecule has 0 aromatic carbocycles. The highest BCUT2D eigenvalue weighted by atomic mass is 16.6. The van der Waals surface area contributed by atoms with E-state index in [1.165, 1.54) is 12.8 Å². The lowest BCUT2D eigenvalue weighted by molar-refractivity contribution is 0.134. The number of carbonyl (C=O) groups excluding carboxylic acids is 1. The first kappa shape index (κ1) is 8.53. The fourth-order valence-electron chi connectivity index (χ4n) is 3.02. The molecule has 78 valence electrons. The van der Waals surface area contributed by atoms with Crippen LogP contribution in [-0.2, 0) is 4.74 Å². The molecule has 3 aliphatic heterocycles. The van der Waals surface area contributed by atoms with Crippen molar-refractivity contribution < 1.29 is 9.53 Å². The molecule has 14 heavy (non-hydrogen) atoms. The quantitative estimate of drug-likeness (QED) is 0.672. The number of rotatable bonds is 1. The fourth-order valence-corrected chi connectivity index (χ4v) is 3.02. The summed E-state index contributed by atoms with van der Waals surface area (Å²) in [7, 11) is 0. The molecule has 3 fully saturated rings. The van der Waals surface area contributed by atoms with Gasteiger partial charge in [-0.05, 0) is 25.7 Å². The van der Waals surface area contributed by atoms with Crippen LogP contribution < -0.4 is 5.32 Å². The lowest BCUT2D eigenvalue weighted by Crippen LogP contribution is -2.48. The Morgan fingerprint density at radius 1 is 1.29 bits per heavy atom. The summed E-state index contributed by atoms with van der Waals surface area (Å²) >= 11 is 0. The van der Waals surface area contributed by atoms with E-state index < -0.39 is 0 Å². The van der Waals surface area contributed by atoms with Crippen LogP contribution in [0.1, 0.15) is 25.7 Å². The van der Waals surface area contributed by atoms with Crippen molar-refractivity contribution >= 4 is 6.09 Å². The van der Waals surface area contributed by atoms with E-state index in [4.69, 9.17) is 4.74 Å². The smallest absolute Gasteiger partial charge is 0.410 e. The molecule has 0 saturated carbocycles. The third kappa shape index (κ3) is 1.29. The minimum Gasteiger partial charge on any atom is -0.448 e. The molecule has 0 spiro atoms. The molecule has 0 aromatic heterocycles. The molecule has 3 heterocycles. The summed E-state index contributed by atoms with van der Waals surface area (Å²) in [6.07, 6.45) is 4.70. The molecule has 2 bridgehead atoms. The Bertz CT molecular complexity index is 245. The third-order valence-electron chi connectivity index (χ3n) is 3.68. The average Bonchev–Trinajstić information content (AvgIpc) is 2.73. The van der Waals surface area contributed by atoms with Crippen molar-refractivity contribution in [2.45, 2.75) is 43.8 Å². The Kier molecular flexibility index (Phi) is 1.90. The van der Waals surface area contributed by atoms with Crippen molar-refractivity contribution in [3.63, 3.8) is 0 Å². The van der Waals surface area contributed by atoms with Crippen molar-refractivity contribution in [3.8, 4) is 0 Å². The zero-order chi connectivity index (χ0) is 9.54. The Hall–Kier alpha value is -0.770. The summed E-state index contributed by atoms with van der Waals surface area (Å²) in [4.78, 5) is 13.3. The number of nitrogens with zero attached hydrogens (tertiary/aromatic N) is 1. The van der Waals surface area contributed by atoms with Crippen molar-refractivity contribution in [1.82, 2.24) is 10.2 Å². The maximum Gasteiger partial charge on any atom is 0.410 e. The molecule has 1 amide bonds. The van der Waals surface area contributed by atoms with E-state index in [2.05, 4.69) is 5.32 Å². The van der Waals surface area contributed by atoms with Gasteiger partial charge in [-0.1, -0.05) is 0 Å². The molecule has 1 N–H and O–H groups in total. The predicted octanol–water partition coefficient (Wildman–Crippen LogP) is 0.722. The molecule has 3 rings (SSSR count). The molecule has 0 aliphatic carbocycles. The first-order valence-electron chi connectivity index (χ1n) is 5.52. The standard InChI is InChI=1S/C10H16N2O2/c13-10-12(3-4-14-10)9-5-7-1-2-8(6-9)11-7/h7-9,11H,1-6H2. The van der Waals surface area contributed by atoms with E-state index in [0.29, 0.717) is 24.7 Å². The number of hydrogen-bond donors (Lipinski definition) is 1. The molecule has 3 aliphatic rings. The predicted molar refractivity (Wildman–Crippen MR) is 51.0 cm³/mol. The van der Waals surface area contributed by atoms with Gasteiger partial charge in [0.1, 0.15) is 6.61 Å². The summed E-state index contributed by atoms with van der Waals surface area (Å²) in [5.74, 6) is 0. The topological polar surface area (TPSA) is 41.6 Å². The SMILES string of the molecule is O=C1OCCN1C1CC2CCC(C1)N2. The molecule has 2 unspecified atom stereocenters. The maximum absolute atomic E-state index is 11.4. The van der Waals surface area contributed by atoms with Gasteiger partial charge in [0.15, 0.2) is 0 Å². The number of cyclic esters (lactones) is 1. The second-order valence-electron chi connectivity index (χ2n) is 4.57. The van der Waals surface area contributed by atoms with Crippen LogP contribution in [0.25, 0.3) is 0 Å². The van der Waals surface area contributed by atoms with Gasteiger partial charge in [-0.2, -0.15) is 0 Å². The summed E-state index contributed by atoms with van der Waals surface area (Å²) < 4.78 is 4.98. The largest absolute Gasteiger partial charge is 0.448 e. The lowest BCUT2D eigenvalue weighted by Gasteiger charge is -2.33. The first-order chi connectivity index (χ1) is 6.83.